The molecule has 5 rings (SSSR count). The van der Waals surface area contributed by atoms with Crippen molar-refractivity contribution in [3.63, 3.8) is 0 Å². The molecule has 0 aliphatic carbocycles. The molecular formula is C25H26N4O2S. The maximum absolute atomic E-state index is 10.7. The number of nitrogen functional groups attached to an aromatic ring is 1. The van der Waals surface area contributed by atoms with Crippen molar-refractivity contribution >= 4 is 44.4 Å². The Labute approximate surface area is 189 Å². The maximum Gasteiger partial charge on any atom is 0.131 e. The van der Waals surface area contributed by atoms with E-state index in [-0.39, 0.29) is 5.75 Å². The highest BCUT2D eigenvalue weighted by atomic mass is 32.3. The van der Waals surface area contributed by atoms with Crippen LogP contribution in [-0.4, -0.2) is 26.4 Å². The van der Waals surface area contributed by atoms with Crippen molar-refractivity contribution in [1.29, 1.82) is 0 Å². The van der Waals surface area contributed by atoms with Gasteiger partial charge in [0.25, 0.3) is 0 Å². The Morgan fingerprint density at radius 3 is 2.59 bits per heavy atom. The Hall–Kier alpha value is -3.26. The third kappa shape index (κ3) is 3.98. The van der Waals surface area contributed by atoms with Gasteiger partial charge in [-0.05, 0) is 55.0 Å². The molecule has 0 saturated heterocycles. The Morgan fingerprint density at radius 2 is 1.78 bits per heavy atom. The minimum Gasteiger partial charge on any atom is -0.399 e. The summed E-state index contributed by atoms with van der Waals surface area (Å²) in [6, 6.07) is 23.5. The molecule has 164 valence electrons. The molecule has 4 aromatic rings. The molecule has 6 nitrogen and oxygen atoms in total. The lowest BCUT2D eigenvalue weighted by Crippen LogP contribution is -2.26. The quantitative estimate of drug-likeness (QED) is 0.288. The highest BCUT2D eigenvalue weighted by Crippen LogP contribution is 2.51. The molecule has 3 aromatic carbocycles. The van der Waals surface area contributed by atoms with Crippen molar-refractivity contribution in [3.8, 4) is 0 Å². The Kier molecular flexibility index (Phi) is 5.17. The van der Waals surface area contributed by atoms with Gasteiger partial charge in [-0.25, -0.2) is 4.98 Å². The first-order valence-electron chi connectivity index (χ1n) is 10.5. The zero-order chi connectivity index (χ0) is 22.3. The number of anilines is 4. The monoisotopic (exact) mass is 446 g/mol. The molecule has 32 heavy (non-hydrogen) atoms. The number of benzene rings is 3. The summed E-state index contributed by atoms with van der Waals surface area (Å²) < 4.78 is 21.4. The number of hydrogen-bond acceptors (Lipinski definition) is 6. The summed E-state index contributed by atoms with van der Waals surface area (Å²) in [5.41, 5.74) is 11.4. The van der Waals surface area contributed by atoms with Gasteiger partial charge in [0, 0.05) is 35.9 Å². The van der Waals surface area contributed by atoms with Gasteiger partial charge in [0.1, 0.15) is 5.82 Å². The van der Waals surface area contributed by atoms with Gasteiger partial charge < -0.3 is 16.0 Å². The zero-order valence-electron chi connectivity index (χ0n) is 17.8. The number of nitrogens with one attached hydrogen (secondary N) is 1. The third-order valence-corrected chi connectivity index (χ3v) is 7.65. The molecule has 0 bridgehead atoms. The minimum absolute atomic E-state index is 0.276. The average molecular weight is 447 g/mol. The van der Waals surface area contributed by atoms with E-state index in [1.165, 1.54) is 0 Å². The lowest BCUT2D eigenvalue weighted by atomic mass is 10.1. The normalized spacial score (nSPS) is 16.3. The van der Waals surface area contributed by atoms with Crippen LogP contribution in [0.25, 0.3) is 10.9 Å². The number of aryl methyl sites for hydroxylation is 1. The number of fused-ring (bicyclic) bond motifs is 2. The van der Waals surface area contributed by atoms with Crippen LogP contribution >= 0.6 is 10.6 Å². The number of pyridine rings is 1. The van der Waals surface area contributed by atoms with E-state index in [2.05, 4.69) is 29.3 Å². The van der Waals surface area contributed by atoms with Crippen LogP contribution in [0.1, 0.15) is 11.1 Å². The number of aromatic nitrogens is 1. The first-order valence-corrected chi connectivity index (χ1v) is 12.2. The second-order valence-corrected chi connectivity index (χ2v) is 10.4. The number of rotatable bonds is 3. The summed E-state index contributed by atoms with van der Waals surface area (Å²) in [4.78, 5) is 7.69. The largest absolute Gasteiger partial charge is 0.399 e. The number of nitrogens with two attached hydrogens (primary N) is 1. The fourth-order valence-electron chi connectivity index (χ4n) is 4.09. The Morgan fingerprint density at radius 1 is 1.00 bits per heavy atom. The van der Waals surface area contributed by atoms with E-state index in [0.29, 0.717) is 23.7 Å². The van der Waals surface area contributed by atoms with Crippen molar-refractivity contribution in [2.45, 2.75) is 18.4 Å². The molecule has 7 heteroatoms. The van der Waals surface area contributed by atoms with E-state index >= 15 is 0 Å². The third-order valence-electron chi connectivity index (χ3n) is 5.80. The van der Waals surface area contributed by atoms with Gasteiger partial charge in [-0.15, -0.1) is 0 Å². The molecule has 0 spiro atoms. The molecule has 0 atom stereocenters. The molecule has 0 amide bonds. The van der Waals surface area contributed by atoms with Crippen LogP contribution in [0.4, 0.5) is 22.9 Å². The molecule has 0 saturated carbocycles. The second-order valence-electron chi connectivity index (χ2n) is 8.20. The van der Waals surface area contributed by atoms with Gasteiger partial charge in [0.05, 0.1) is 21.9 Å². The zero-order valence-corrected chi connectivity index (χ0v) is 18.6. The maximum atomic E-state index is 10.7. The van der Waals surface area contributed by atoms with Crippen molar-refractivity contribution in [3.05, 3.63) is 83.9 Å². The number of nitrogens with zero attached hydrogens (tertiary/aromatic N) is 2. The molecule has 0 radical (unpaired) electrons. The van der Waals surface area contributed by atoms with E-state index in [1.807, 2.05) is 60.7 Å². The first-order chi connectivity index (χ1) is 15.4. The van der Waals surface area contributed by atoms with Gasteiger partial charge in [-0.1, -0.05) is 29.8 Å². The molecule has 1 aromatic heterocycles. The Balaban J connectivity index is 1.59. The molecule has 5 N–H and O–H groups in total. The number of hydrogen-bond donors (Lipinski definition) is 4. The Bertz CT molecular complexity index is 1290. The summed E-state index contributed by atoms with van der Waals surface area (Å²) in [6.45, 7) is 3.14. The fraction of sp³-hybridized carbons (Fsp3) is 0.160. The molecule has 0 unspecified atom stereocenters. The highest BCUT2D eigenvalue weighted by Gasteiger charge is 2.26. The summed E-state index contributed by atoms with van der Waals surface area (Å²) in [6.07, 6.45) is 0. The van der Waals surface area contributed by atoms with Gasteiger partial charge in [-0.2, -0.15) is 10.6 Å². The standard InChI is InChI=1S/C25H26N4O2S/c1-17-6-11-22-21(14-17)23(27-20-9-7-19(26)8-10-20)15-25(28-22)29-12-13-32(30,31)24-5-3-2-4-18(24)16-29/h2-11,14-15,30-31H,12-13,16,26H2,1H3,(H,27,28). The predicted molar refractivity (Wildman–Crippen MR) is 134 cm³/mol. The van der Waals surface area contributed by atoms with Crippen LogP contribution in [0.3, 0.4) is 0 Å². The lowest BCUT2D eigenvalue weighted by Gasteiger charge is -2.32. The second kappa shape index (κ2) is 8.02. The van der Waals surface area contributed by atoms with Crippen LogP contribution in [-0.2, 0) is 6.54 Å². The van der Waals surface area contributed by atoms with Crippen LogP contribution in [0.15, 0.2) is 77.7 Å². The topological polar surface area (TPSA) is 94.6 Å². The van der Waals surface area contributed by atoms with Crippen LogP contribution in [0.2, 0.25) is 0 Å². The van der Waals surface area contributed by atoms with Gasteiger partial charge in [0.15, 0.2) is 0 Å². The summed E-state index contributed by atoms with van der Waals surface area (Å²) >= 11 is 0. The first kappa shape index (κ1) is 20.6. The van der Waals surface area contributed by atoms with E-state index in [4.69, 9.17) is 10.7 Å². The van der Waals surface area contributed by atoms with Crippen molar-refractivity contribution in [1.82, 2.24) is 4.98 Å². The van der Waals surface area contributed by atoms with Gasteiger partial charge >= 0.3 is 0 Å². The summed E-state index contributed by atoms with van der Waals surface area (Å²) in [5, 5.41) is 4.55. The predicted octanol–water partition coefficient (Wildman–Crippen LogP) is 6.00. The minimum atomic E-state index is -2.83. The average Bonchev–Trinajstić information content (AvgIpc) is 2.91. The molecule has 0 fully saturated rings. The highest BCUT2D eigenvalue weighted by molar-refractivity contribution is 8.24. The SMILES string of the molecule is Cc1ccc2nc(N3CCS(O)(O)c4ccccc4C3)cc(Nc3ccc(N)cc3)c2c1. The lowest BCUT2D eigenvalue weighted by molar-refractivity contribution is 0.488. The van der Waals surface area contributed by atoms with Crippen LogP contribution in [0.5, 0.6) is 0 Å². The van der Waals surface area contributed by atoms with Crippen molar-refractivity contribution < 1.29 is 9.11 Å². The van der Waals surface area contributed by atoms with E-state index in [0.717, 1.165) is 39.2 Å². The van der Waals surface area contributed by atoms with E-state index < -0.39 is 10.6 Å². The van der Waals surface area contributed by atoms with Crippen LogP contribution in [0, 0.1) is 6.92 Å². The van der Waals surface area contributed by atoms with E-state index in [1.54, 1.807) is 0 Å². The smallest absolute Gasteiger partial charge is 0.131 e. The van der Waals surface area contributed by atoms with Crippen molar-refractivity contribution in [2.75, 3.05) is 28.2 Å². The van der Waals surface area contributed by atoms with E-state index in [9.17, 15) is 9.11 Å². The molecular weight excluding hydrogens is 420 g/mol. The molecule has 1 aliphatic heterocycles. The molecule has 2 heterocycles. The van der Waals surface area contributed by atoms with Gasteiger partial charge in [0.2, 0.25) is 0 Å². The van der Waals surface area contributed by atoms with Crippen molar-refractivity contribution in [2.24, 2.45) is 0 Å². The van der Waals surface area contributed by atoms with Gasteiger partial charge in [-0.3, -0.25) is 9.11 Å². The summed E-state index contributed by atoms with van der Waals surface area (Å²) in [7, 11) is -2.83. The fourth-order valence-corrected chi connectivity index (χ4v) is 5.64. The molecule has 1 aliphatic rings. The van der Waals surface area contributed by atoms with Crippen LogP contribution < -0.4 is 16.0 Å². The summed E-state index contributed by atoms with van der Waals surface area (Å²) in [5.74, 6) is 1.07.